The molecule has 1 fully saturated rings. The zero-order valence-electron chi connectivity index (χ0n) is 12.0. The number of carboxylic acid groups (broad SMARTS) is 1. The molecule has 0 aromatic carbocycles. The van der Waals surface area contributed by atoms with E-state index in [0.717, 1.165) is 9.78 Å². The van der Waals surface area contributed by atoms with Crippen LogP contribution in [-0.2, 0) is 4.79 Å². The van der Waals surface area contributed by atoms with Gasteiger partial charge in [-0.25, -0.2) is 0 Å². The summed E-state index contributed by atoms with van der Waals surface area (Å²) in [6, 6.07) is 4.86. The number of aliphatic carboxylic acids is 1. The SMILES string of the molecule is O=C(O)[C@@H]1CN(C(=O)c2cc(-c3cccs3)on2)C[C@H]1C(F)(F)F. The van der Waals surface area contributed by atoms with Crippen LogP contribution in [0.1, 0.15) is 10.5 Å². The van der Waals surface area contributed by atoms with E-state index in [-0.39, 0.29) is 5.69 Å². The molecule has 1 saturated heterocycles. The molecule has 2 atom stereocenters. The molecular weight excluding hydrogens is 349 g/mol. The highest BCUT2D eigenvalue weighted by atomic mass is 32.1. The van der Waals surface area contributed by atoms with Gasteiger partial charge in [0, 0.05) is 19.2 Å². The molecule has 1 aliphatic heterocycles. The largest absolute Gasteiger partial charge is 0.481 e. The minimum Gasteiger partial charge on any atom is -0.481 e. The minimum absolute atomic E-state index is 0.148. The molecule has 0 aliphatic carbocycles. The number of thiophene rings is 1. The van der Waals surface area contributed by atoms with Gasteiger partial charge >= 0.3 is 12.1 Å². The van der Waals surface area contributed by atoms with Gasteiger partial charge in [0.2, 0.25) is 0 Å². The molecule has 24 heavy (non-hydrogen) atoms. The summed E-state index contributed by atoms with van der Waals surface area (Å²) in [6.45, 7) is -1.22. The van der Waals surface area contributed by atoms with Gasteiger partial charge < -0.3 is 14.5 Å². The van der Waals surface area contributed by atoms with Gasteiger partial charge in [-0.05, 0) is 11.4 Å². The van der Waals surface area contributed by atoms with E-state index in [0.29, 0.717) is 5.76 Å². The first kappa shape index (κ1) is 16.5. The number of carbonyl (C=O) groups excluding carboxylic acids is 1. The third-order valence-corrected chi connectivity index (χ3v) is 4.72. The minimum atomic E-state index is -4.69. The number of hydrogen-bond acceptors (Lipinski definition) is 5. The molecule has 3 rings (SSSR count). The molecule has 3 heterocycles. The number of hydrogen-bond donors (Lipinski definition) is 1. The molecule has 0 saturated carbocycles. The first-order chi connectivity index (χ1) is 11.3. The number of rotatable bonds is 3. The lowest BCUT2D eigenvalue weighted by atomic mass is 9.96. The molecule has 0 radical (unpaired) electrons. The van der Waals surface area contributed by atoms with Crippen molar-refractivity contribution in [2.24, 2.45) is 11.8 Å². The summed E-state index contributed by atoms with van der Waals surface area (Å²) in [7, 11) is 0. The number of amides is 1. The number of halogens is 3. The zero-order chi connectivity index (χ0) is 17.5. The summed E-state index contributed by atoms with van der Waals surface area (Å²) in [5.41, 5.74) is -0.148. The predicted molar refractivity (Wildman–Crippen MR) is 76.4 cm³/mol. The Labute approximate surface area is 137 Å². The van der Waals surface area contributed by atoms with E-state index >= 15 is 0 Å². The van der Waals surface area contributed by atoms with E-state index in [9.17, 15) is 22.8 Å². The molecule has 2 aromatic rings. The number of alkyl halides is 3. The smallest absolute Gasteiger partial charge is 0.394 e. The molecule has 6 nitrogen and oxygen atoms in total. The molecule has 2 aromatic heterocycles. The van der Waals surface area contributed by atoms with Crippen molar-refractivity contribution < 1.29 is 32.4 Å². The summed E-state index contributed by atoms with van der Waals surface area (Å²) in [5.74, 6) is -5.80. The number of nitrogens with zero attached hydrogens (tertiary/aromatic N) is 2. The summed E-state index contributed by atoms with van der Waals surface area (Å²) < 4.78 is 43.9. The quantitative estimate of drug-likeness (QED) is 0.910. The molecule has 10 heteroatoms. The molecule has 1 N–H and O–H groups in total. The first-order valence-corrected chi connectivity index (χ1v) is 7.74. The van der Waals surface area contributed by atoms with E-state index in [4.69, 9.17) is 9.63 Å². The van der Waals surface area contributed by atoms with E-state index in [1.165, 1.54) is 17.4 Å². The standard InChI is InChI=1S/C14H11F3N2O4S/c15-14(16,17)8-6-19(5-7(8)13(21)22)12(20)9-4-10(23-18-9)11-2-1-3-24-11/h1-4,7-8H,5-6H2,(H,21,22)/t7-,8-/m1/s1. The fraction of sp³-hybridized carbons (Fsp3) is 0.357. The number of aromatic nitrogens is 1. The summed E-state index contributed by atoms with van der Waals surface area (Å²) >= 11 is 1.36. The van der Waals surface area contributed by atoms with Crippen LogP contribution in [0.5, 0.6) is 0 Å². The van der Waals surface area contributed by atoms with Crippen LogP contribution < -0.4 is 0 Å². The fourth-order valence-corrected chi connectivity index (χ4v) is 3.30. The van der Waals surface area contributed by atoms with Crippen LogP contribution in [0.25, 0.3) is 10.6 Å². The van der Waals surface area contributed by atoms with E-state index in [1.54, 1.807) is 17.5 Å². The van der Waals surface area contributed by atoms with Gasteiger partial charge in [0.15, 0.2) is 11.5 Å². The summed E-state index contributed by atoms with van der Waals surface area (Å²) in [6.07, 6.45) is -4.69. The van der Waals surface area contributed by atoms with Crippen LogP contribution in [0.15, 0.2) is 28.1 Å². The molecular formula is C14H11F3N2O4S. The highest BCUT2D eigenvalue weighted by molar-refractivity contribution is 7.13. The Kier molecular flexibility index (Phi) is 4.08. The van der Waals surface area contributed by atoms with Crippen molar-refractivity contribution >= 4 is 23.2 Å². The molecule has 1 aliphatic rings. The van der Waals surface area contributed by atoms with Gasteiger partial charge in [0.25, 0.3) is 5.91 Å². The van der Waals surface area contributed by atoms with E-state index in [2.05, 4.69) is 5.16 Å². The van der Waals surface area contributed by atoms with Crippen LogP contribution in [0.3, 0.4) is 0 Å². The summed E-state index contributed by atoms with van der Waals surface area (Å²) in [5, 5.41) is 14.4. The van der Waals surface area contributed by atoms with Crippen molar-refractivity contribution in [2.75, 3.05) is 13.1 Å². The Morgan fingerprint density at radius 2 is 2.12 bits per heavy atom. The topological polar surface area (TPSA) is 83.6 Å². The lowest BCUT2D eigenvalue weighted by Gasteiger charge is -2.17. The van der Waals surface area contributed by atoms with E-state index < -0.39 is 43.0 Å². The van der Waals surface area contributed by atoms with Crippen LogP contribution in [0.4, 0.5) is 13.2 Å². The maximum absolute atomic E-state index is 13.0. The Balaban J connectivity index is 1.80. The average molecular weight is 360 g/mol. The third kappa shape index (κ3) is 3.01. The first-order valence-electron chi connectivity index (χ1n) is 6.86. The third-order valence-electron chi connectivity index (χ3n) is 3.84. The Bertz CT molecular complexity index is 756. The molecule has 0 spiro atoms. The Hall–Kier alpha value is -2.36. The van der Waals surface area contributed by atoms with E-state index in [1.807, 2.05) is 0 Å². The molecule has 1 amide bonds. The van der Waals surface area contributed by atoms with Crippen molar-refractivity contribution in [3.63, 3.8) is 0 Å². The lowest BCUT2D eigenvalue weighted by molar-refractivity contribution is -0.187. The normalized spacial score (nSPS) is 21.2. The predicted octanol–water partition coefficient (Wildman–Crippen LogP) is 2.74. The van der Waals surface area contributed by atoms with Crippen LogP contribution in [0.2, 0.25) is 0 Å². The fourth-order valence-electron chi connectivity index (χ4n) is 2.62. The monoisotopic (exact) mass is 360 g/mol. The van der Waals surface area contributed by atoms with Gasteiger partial charge in [-0.15, -0.1) is 11.3 Å². The van der Waals surface area contributed by atoms with Crippen LogP contribution in [0, 0.1) is 11.8 Å². The van der Waals surface area contributed by atoms with Crippen LogP contribution in [-0.4, -0.2) is 46.3 Å². The van der Waals surface area contributed by atoms with Gasteiger partial charge in [-0.2, -0.15) is 13.2 Å². The Morgan fingerprint density at radius 1 is 1.38 bits per heavy atom. The van der Waals surface area contributed by atoms with Crippen molar-refractivity contribution in [3.8, 4) is 10.6 Å². The highest BCUT2D eigenvalue weighted by Crippen LogP contribution is 2.38. The van der Waals surface area contributed by atoms with Crippen molar-refractivity contribution in [3.05, 3.63) is 29.3 Å². The highest BCUT2D eigenvalue weighted by Gasteiger charge is 2.53. The van der Waals surface area contributed by atoms with Crippen molar-refractivity contribution in [1.82, 2.24) is 10.1 Å². The number of carboxylic acids is 1. The second kappa shape index (κ2) is 5.93. The van der Waals surface area contributed by atoms with Crippen molar-refractivity contribution in [1.29, 1.82) is 0 Å². The maximum atomic E-state index is 13.0. The zero-order valence-corrected chi connectivity index (χ0v) is 12.8. The van der Waals surface area contributed by atoms with Gasteiger partial charge in [-0.3, -0.25) is 9.59 Å². The number of carbonyl (C=O) groups is 2. The van der Waals surface area contributed by atoms with Gasteiger partial charge in [-0.1, -0.05) is 11.2 Å². The second-order valence-corrected chi connectivity index (χ2v) is 6.30. The second-order valence-electron chi connectivity index (χ2n) is 5.36. The maximum Gasteiger partial charge on any atom is 0.394 e. The molecule has 128 valence electrons. The van der Waals surface area contributed by atoms with Gasteiger partial charge in [0.05, 0.1) is 16.7 Å². The Morgan fingerprint density at radius 3 is 2.67 bits per heavy atom. The molecule has 0 bridgehead atoms. The number of likely N-dealkylation sites (tertiary alicyclic amines) is 1. The molecule has 0 unspecified atom stereocenters. The average Bonchev–Trinajstić information content (AvgIpc) is 3.23. The lowest BCUT2D eigenvalue weighted by Crippen LogP contribution is -2.34. The summed E-state index contributed by atoms with van der Waals surface area (Å²) in [4.78, 5) is 24.9. The van der Waals surface area contributed by atoms with Crippen molar-refractivity contribution in [2.45, 2.75) is 6.18 Å². The van der Waals surface area contributed by atoms with Gasteiger partial charge in [0.1, 0.15) is 0 Å². The van der Waals surface area contributed by atoms with Crippen LogP contribution >= 0.6 is 11.3 Å².